The van der Waals surface area contributed by atoms with Crippen LogP contribution >= 0.6 is 0 Å². The molecular formula is C24H30FN5O2. The minimum Gasteiger partial charge on any atom is -0.330 e. The Balaban J connectivity index is 1.28. The van der Waals surface area contributed by atoms with Crippen molar-refractivity contribution in [3.8, 4) is 6.07 Å². The maximum absolute atomic E-state index is 13.5. The zero-order chi connectivity index (χ0) is 22.4. The number of nitrogens with two attached hydrogens (primary N) is 1. The lowest BCUT2D eigenvalue weighted by molar-refractivity contribution is -0.143. The van der Waals surface area contributed by atoms with Crippen molar-refractivity contribution in [1.82, 2.24) is 14.7 Å². The highest BCUT2D eigenvalue weighted by molar-refractivity contribution is 5.87. The maximum Gasteiger partial charge on any atom is 0.241 e. The first-order chi connectivity index (χ1) is 15.5. The molecule has 1 aliphatic carbocycles. The van der Waals surface area contributed by atoms with Gasteiger partial charge in [-0.1, -0.05) is 18.6 Å². The van der Waals surface area contributed by atoms with Gasteiger partial charge in [-0.25, -0.2) is 4.39 Å². The number of amides is 2. The van der Waals surface area contributed by atoms with Crippen LogP contribution in [0.25, 0.3) is 0 Å². The molecule has 170 valence electrons. The van der Waals surface area contributed by atoms with Crippen LogP contribution in [0.15, 0.2) is 24.3 Å². The summed E-state index contributed by atoms with van der Waals surface area (Å²) in [7, 11) is 0. The van der Waals surface area contributed by atoms with Crippen LogP contribution in [-0.4, -0.2) is 70.3 Å². The van der Waals surface area contributed by atoms with Gasteiger partial charge in [0.1, 0.15) is 11.9 Å². The SMILES string of the molecule is N#C[C@@H]1CCCN1C(=O)[C@@H](N)CN1C[C@H]2C[C@@H]1C(=O)N2[C@@H](c1ccc(F)cc1)C1CCC1. The van der Waals surface area contributed by atoms with E-state index in [1.54, 1.807) is 4.90 Å². The number of carbonyl (C=O) groups is 2. The lowest BCUT2D eigenvalue weighted by Gasteiger charge is -2.45. The highest BCUT2D eigenvalue weighted by Gasteiger charge is 2.54. The topological polar surface area (TPSA) is 93.7 Å². The number of carbonyl (C=O) groups excluding carboxylic acids is 2. The third-order valence-corrected chi connectivity index (χ3v) is 7.86. The Kier molecular flexibility index (Phi) is 5.64. The molecule has 2 bridgehead atoms. The Morgan fingerprint density at radius 1 is 1.22 bits per heavy atom. The molecule has 4 aliphatic rings. The van der Waals surface area contributed by atoms with Crippen LogP contribution in [0, 0.1) is 23.1 Å². The molecule has 0 aromatic heterocycles. The number of fused-ring (bicyclic) bond motifs is 2. The molecule has 32 heavy (non-hydrogen) atoms. The van der Waals surface area contributed by atoms with E-state index in [4.69, 9.17) is 5.73 Å². The Morgan fingerprint density at radius 2 is 1.97 bits per heavy atom. The summed E-state index contributed by atoms with van der Waals surface area (Å²) in [6, 6.07) is 7.46. The number of hydrogen-bond acceptors (Lipinski definition) is 5. The van der Waals surface area contributed by atoms with Crippen molar-refractivity contribution in [1.29, 1.82) is 5.26 Å². The molecule has 5 atom stereocenters. The van der Waals surface area contributed by atoms with Crippen molar-refractivity contribution in [2.75, 3.05) is 19.6 Å². The van der Waals surface area contributed by atoms with E-state index in [1.807, 2.05) is 21.9 Å². The van der Waals surface area contributed by atoms with Gasteiger partial charge >= 0.3 is 0 Å². The van der Waals surface area contributed by atoms with Crippen LogP contribution in [0.1, 0.15) is 50.1 Å². The van der Waals surface area contributed by atoms with Crippen molar-refractivity contribution in [3.63, 3.8) is 0 Å². The van der Waals surface area contributed by atoms with Gasteiger partial charge in [0, 0.05) is 25.7 Å². The fourth-order valence-corrected chi connectivity index (χ4v) is 6.04. The summed E-state index contributed by atoms with van der Waals surface area (Å²) >= 11 is 0. The lowest BCUT2D eigenvalue weighted by atomic mass is 9.76. The van der Waals surface area contributed by atoms with E-state index in [2.05, 4.69) is 6.07 Å². The number of hydrogen-bond donors (Lipinski definition) is 1. The zero-order valence-electron chi connectivity index (χ0n) is 18.2. The molecule has 3 saturated heterocycles. The van der Waals surface area contributed by atoms with Gasteiger partial charge < -0.3 is 15.5 Å². The van der Waals surface area contributed by atoms with E-state index in [1.165, 1.54) is 18.6 Å². The Hall–Kier alpha value is -2.50. The van der Waals surface area contributed by atoms with Crippen LogP contribution in [0.4, 0.5) is 4.39 Å². The lowest BCUT2D eigenvalue weighted by Crippen LogP contribution is -2.57. The minimum atomic E-state index is -0.732. The van der Waals surface area contributed by atoms with Crippen LogP contribution in [0.2, 0.25) is 0 Å². The van der Waals surface area contributed by atoms with Crippen LogP contribution < -0.4 is 5.73 Å². The number of nitriles is 1. The Labute approximate surface area is 187 Å². The standard InChI is InChI=1S/C24H30FN5O2/c25-17-8-6-16(7-9-17)22(15-3-1-4-15)30-19-11-21(24(30)32)28(13-19)14-20(27)23(31)29-10-2-5-18(29)12-26/h6-9,15,18-22H,1-5,10-11,13-14,27H2/t18-,19+,20-,21+,22+/m0/s1. The summed E-state index contributed by atoms with van der Waals surface area (Å²) in [4.78, 5) is 31.9. The van der Waals surface area contributed by atoms with E-state index >= 15 is 0 Å². The predicted molar refractivity (Wildman–Crippen MR) is 115 cm³/mol. The summed E-state index contributed by atoms with van der Waals surface area (Å²) in [5.41, 5.74) is 7.25. The van der Waals surface area contributed by atoms with E-state index in [0.29, 0.717) is 32.0 Å². The molecule has 3 aliphatic heterocycles. The first-order valence-electron chi connectivity index (χ1n) is 11.8. The second-order valence-electron chi connectivity index (χ2n) is 9.72. The van der Waals surface area contributed by atoms with E-state index < -0.39 is 6.04 Å². The van der Waals surface area contributed by atoms with Crippen molar-refractivity contribution >= 4 is 11.8 Å². The number of piperazine rings is 1. The molecule has 5 rings (SSSR count). The molecule has 4 fully saturated rings. The molecule has 7 nitrogen and oxygen atoms in total. The first kappa shape index (κ1) is 21.4. The smallest absolute Gasteiger partial charge is 0.241 e. The number of benzene rings is 1. The molecule has 2 N–H and O–H groups in total. The van der Waals surface area contributed by atoms with Crippen LogP contribution in [0.3, 0.4) is 0 Å². The summed E-state index contributed by atoms with van der Waals surface area (Å²) in [6.07, 6.45) is 5.61. The molecule has 2 amide bonds. The maximum atomic E-state index is 13.5. The molecule has 1 saturated carbocycles. The predicted octanol–water partition coefficient (Wildman–Crippen LogP) is 1.79. The number of nitrogens with zero attached hydrogens (tertiary/aromatic N) is 4. The molecule has 0 spiro atoms. The normalized spacial score (nSPS) is 29.8. The summed E-state index contributed by atoms with van der Waals surface area (Å²) in [6.45, 7) is 1.60. The number of halogens is 1. The van der Waals surface area contributed by atoms with Gasteiger partial charge in [0.2, 0.25) is 11.8 Å². The fourth-order valence-electron chi connectivity index (χ4n) is 6.04. The molecule has 0 unspecified atom stereocenters. The largest absolute Gasteiger partial charge is 0.330 e. The summed E-state index contributed by atoms with van der Waals surface area (Å²) in [5.74, 6) is 0.0500. The molecule has 3 heterocycles. The second-order valence-corrected chi connectivity index (χ2v) is 9.72. The Bertz CT molecular complexity index is 927. The molecule has 1 aromatic rings. The highest BCUT2D eigenvalue weighted by atomic mass is 19.1. The van der Waals surface area contributed by atoms with Crippen molar-refractivity contribution < 1.29 is 14.0 Å². The highest BCUT2D eigenvalue weighted by Crippen LogP contribution is 2.47. The fraction of sp³-hybridized carbons (Fsp3) is 0.625. The number of likely N-dealkylation sites (tertiary alicyclic amines) is 3. The molecule has 1 aromatic carbocycles. The summed E-state index contributed by atoms with van der Waals surface area (Å²) in [5, 5.41) is 9.27. The van der Waals surface area contributed by atoms with Gasteiger partial charge in [-0.15, -0.1) is 0 Å². The van der Waals surface area contributed by atoms with Gasteiger partial charge in [-0.2, -0.15) is 5.26 Å². The van der Waals surface area contributed by atoms with Crippen molar-refractivity contribution in [2.45, 2.75) is 68.7 Å². The van der Waals surface area contributed by atoms with Crippen LogP contribution in [0.5, 0.6) is 0 Å². The second kappa shape index (κ2) is 8.45. The van der Waals surface area contributed by atoms with Gasteiger partial charge in [0.15, 0.2) is 0 Å². The molecule has 0 radical (unpaired) electrons. The number of rotatable bonds is 6. The monoisotopic (exact) mass is 439 g/mol. The van der Waals surface area contributed by atoms with Crippen molar-refractivity contribution in [3.05, 3.63) is 35.6 Å². The van der Waals surface area contributed by atoms with Gasteiger partial charge in [0.25, 0.3) is 0 Å². The van der Waals surface area contributed by atoms with Gasteiger partial charge in [-0.3, -0.25) is 14.5 Å². The zero-order valence-corrected chi connectivity index (χ0v) is 18.2. The molecule has 8 heteroatoms. The van der Waals surface area contributed by atoms with E-state index in [0.717, 1.165) is 31.2 Å². The quantitative estimate of drug-likeness (QED) is 0.730. The Morgan fingerprint density at radius 3 is 2.59 bits per heavy atom. The van der Waals surface area contributed by atoms with Gasteiger partial charge in [-0.05, 0) is 55.7 Å². The first-order valence-corrected chi connectivity index (χ1v) is 11.8. The van der Waals surface area contributed by atoms with Crippen molar-refractivity contribution in [2.24, 2.45) is 11.7 Å². The van der Waals surface area contributed by atoms with Crippen LogP contribution in [-0.2, 0) is 9.59 Å². The minimum absolute atomic E-state index is 0.00899. The third-order valence-electron chi connectivity index (χ3n) is 7.86. The van der Waals surface area contributed by atoms with Gasteiger partial charge in [0.05, 0.1) is 24.2 Å². The average molecular weight is 440 g/mol. The van der Waals surface area contributed by atoms with E-state index in [9.17, 15) is 19.2 Å². The molecular weight excluding hydrogens is 409 g/mol. The van der Waals surface area contributed by atoms with E-state index in [-0.39, 0.29) is 41.8 Å². The average Bonchev–Trinajstić information content (AvgIpc) is 3.45. The third kappa shape index (κ3) is 3.57. The summed E-state index contributed by atoms with van der Waals surface area (Å²) < 4.78 is 13.5.